The van der Waals surface area contributed by atoms with Crippen LogP contribution in [0.4, 0.5) is 0 Å². The van der Waals surface area contributed by atoms with Crippen LogP contribution >= 0.6 is 0 Å². The molecule has 0 saturated carbocycles. The summed E-state index contributed by atoms with van der Waals surface area (Å²) in [5.74, 6) is 0.589. The molecule has 1 heterocycles. The Balaban J connectivity index is 1.97. The van der Waals surface area contributed by atoms with Gasteiger partial charge in [0, 0.05) is 6.04 Å². The first-order valence-electron chi connectivity index (χ1n) is 5.78. The van der Waals surface area contributed by atoms with Crippen LogP contribution in [-0.2, 0) is 6.42 Å². The second-order valence-electron chi connectivity index (χ2n) is 4.34. The van der Waals surface area contributed by atoms with E-state index in [1.807, 2.05) is 6.07 Å². The molecular formula is C13H19NO. The van der Waals surface area contributed by atoms with Crippen molar-refractivity contribution in [2.45, 2.75) is 25.3 Å². The van der Waals surface area contributed by atoms with Gasteiger partial charge in [0.25, 0.3) is 0 Å². The number of piperidine rings is 1. The van der Waals surface area contributed by atoms with E-state index in [9.17, 15) is 5.11 Å². The van der Waals surface area contributed by atoms with Gasteiger partial charge in [0.2, 0.25) is 0 Å². The molecule has 2 atom stereocenters. The zero-order valence-electron chi connectivity index (χ0n) is 9.02. The molecule has 15 heavy (non-hydrogen) atoms. The molecule has 1 aliphatic rings. The average Bonchev–Trinajstić information content (AvgIpc) is 2.31. The number of hydrogen-bond donors (Lipinski definition) is 2. The van der Waals surface area contributed by atoms with E-state index in [4.69, 9.17) is 0 Å². The SMILES string of the molecule is OCC1NCCCC1Cc1ccccc1. The molecule has 0 radical (unpaired) electrons. The highest BCUT2D eigenvalue weighted by molar-refractivity contribution is 5.15. The maximum Gasteiger partial charge on any atom is 0.0587 e. The maximum atomic E-state index is 9.28. The van der Waals surface area contributed by atoms with Crippen molar-refractivity contribution in [2.24, 2.45) is 5.92 Å². The lowest BCUT2D eigenvalue weighted by molar-refractivity contribution is 0.170. The minimum Gasteiger partial charge on any atom is -0.395 e. The van der Waals surface area contributed by atoms with Gasteiger partial charge >= 0.3 is 0 Å². The topological polar surface area (TPSA) is 32.3 Å². The molecule has 0 bridgehead atoms. The summed E-state index contributed by atoms with van der Waals surface area (Å²) in [7, 11) is 0. The third kappa shape index (κ3) is 2.80. The van der Waals surface area contributed by atoms with E-state index in [1.54, 1.807) is 0 Å². The van der Waals surface area contributed by atoms with Crippen molar-refractivity contribution < 1.29 is 5.11 Å². The Kier molecular flexibility index (Phi) is 3.75. The summed E-state index contributed by atoms with van der Waals surface area (Å²) in [6, 6.07) is 10.8. The summed E-state index contributed by atoms with van der Waals surface area (Å²) in [5, 5.41) is 12.7. The van der Waals surface area contributed by atoms with Gasteiger partial charge in [0.1, 0.15) is 0 Å². The number of benzene rings is 1. The highest BCUT2D eigenvalue weighted by Gasteiger charge is 2.23. The zero-order chi connectivity index (χ0) is 10.5. The Hall–Kier alpha value is -0.860. The van der Waals surface area contributed by atoms with Gasteiger partial charge in [-0.15, -0.1) is 0 Å². The highest BCUT2D eigenvalue weighted by atomic mass is 16.3. The number of aliphatic hydroxyl groups is 1. The van der Waals surface area contributed by atoms with Crippen molar-refractivity contribution in [2.75, 3.05) is 13.2 Å². The van der Waals surface area contributed by atoms with Crippen molar-refractivity contribution in [3.8, 4) is 0 Å². The molecular weight excluding hydrogens is 186 g/mol. The van der Waals surface area contributed by atoms with Crippen LogP contribution in [0.15, 0.2) is 30.3 Å². The van der Waals surface area contributed by atoms with Gasteiger partial charge in [-0.05, 0) is 37.3 Å². The van der Waals surface area contributed by atoms with Gasteiger partial charge in [-0.1, -0.05) is 30.3 Å². The quantitative estimate of drug-likeness (QED) is 0.785. The van der Waals surface area contributed by atoms with Crippen LogP contribution < -0.4 is 5.32 Å². The van der Waals surface area contributed by atoms with Crippen LogP contribution in [0.3, 0.4) is 0 Å². The molecule has 0 amide bonds. The van der Waals surface area contributed by atoms with E-state index in [-0.39, 0.29) is 6.61 Å². The number of rotatable bonds is 3. The Morgan fingerprint density at radius 2 is 2.07 bits per heavy atom. The lowest BCUT2D eigenvalue weighted by Gasteiger charge is -2.31. The lowest BCUT2D eigenvalue weighted by Crippen LogP contribution is -2.44. The van der Waals surface area contributed by atoms with Crippen molar-refractivity contribution in [1.82, 2.24) is 5.32 Å². The third-order valence-electron chi connectivity index (χ3n) is 3.26. The van der Waals surface area contributed by atoms with E-state index in [0.717, 1.165) is 13.0 Å². The van der Waals surface area contributed by atoms with E-state index in [2.05, 4.69) is 29.6 Å². The van der Waals surface area contributed by atoms with Crippen molar-refractivity contribution in [3.05, 3.63) is 35.9 Å². The molecule has 1 fully saturated rings. The van der Waals surface area contributed by atoms with Gasteiger partial charge < -0.3 is 10.4 Å². The molecule has 0 aromatic heterocycles. The second-order valence-corrected chi connectivity index (χ2v) is 4.34. The third-order valence-corrected chi connectivity index (χ3v) is 3.26. The summed E-state index contributed by atoms with van der Waals surface area (Å²) in [5.41, 5.74) is 1.38. The number of hydrogen-bond acceptors (Lipinski definition) is 2. The monoisotopic (exact) mass is 205 g/mol. The molecule has 1 aromatic rings. The molecule has 2 heteroatoms. The van der Waals surface area contributed by atoms with Crippen LogP contribution in [-0.4, -0.2) is 24.3 Å². The van der Waals surface area contributed by atoms with E-state index >= 15 is 0 Å². The number of nitrogens with one attached hydrogen (secondary N) is 1. The summed E-state index contributed by atoms with van der Waals surface area (Å²) in [6.45, 7) is 1.31. The Morgan fingerprint density at radius 3 is 2.80 bits per heavy atom. The number of aliphatic hydroxyl groups excluding tert-OH is 1. The van der Waals surface area contributed by atoms with Crippen LogP contribution in [0.5, 0.6) is 0 Å². The molecule has 1 aliphatic heterocycles. The van der Waals surface area contributed by atoms with Crippen LogP contribution in [0.1, 0.15) is 18.4 Å². The van der Waals surface area contributed by atoms with Crippen molar-refractivity contribution >= 4 is 0 Å². The first-order chi connectivity index (χ1) is 7.40. The van der Waals surface area contributed by atoms with Crippen molar-refractivity contribution in [1.29, 1.82) is 0 Å². The van der Waals surface area contributed by atoms with Crippen LogP contribution in [0.2, 0.25) is 0 Å². The second kappa shape index (κ2) is 5.29. The molecule has 82 valence electrons. The maximum absolute atomic E-state index is 9.28. The lowest BCUT2D eigenvalue weighted by atomic mass is 9.86. The van der Waals surface area contributed by atoms with Gasteiger partial charge in [0.15, 0.2) is 0 Å². The Labute approximate surface area is 91.3 Å². The fourth-order valence-electron chi connectivity index (χ4n) is 2.39. The predicted octanol–water partition coefficient (Wildman–Crippen LogP) is 1.59. The summed E-state index contributed by atoms with van der Waals surface area (Å²) >= 11 is 0. The van der Waals surface area contributed by atoms with Crippen LogP contribution in [0, 0.1) is 5.92 Å². The van der Waals surface area contributed by atoms with Crippen molar-refractivity contribution in [3.63, 3.8) is 0 Å². The van der Waals surface area contributed by atoms with E-state index < -0.39 is 0 Å². The summed E-state index contributed by atoms with van der Waals surface area (Å²) in [6.07, 6.45) is 3.54. The molecule has 2 nitrogen and oxygen atoms in total. The average molecular weight is 205 g/mol. The molecule has 2 rings (SSSR count). The molecule has 1 aromatic carbocycles. The zero-order valence-corrected chi connectivity index (χ0v) is 9.02. The molecule has 0 aliphatic carbocycles. The fraction of sp³-hybridized carbons (Fsp3) is 0.538. The van der Waals surface area contributed by atoms with Crippen LogP contribution in [0.25, 0.3) is 0 Å². The molecule has 0 spiro atoms. The van der Waals surface area contributed by atoms with E-state index in [1.165, 1.54) is 18.4 Å². The fourth-order valence-corrected chi connectivity index (χ4v) is 2.39. The smallest absolute Gasteiger partial charge is 0.0587 e. The van der Waals surface area contributed by atoms with Gasteiger partial charge in [0.05, 0.1) is 6.61 Å². The molecule has 2 N–H and O–H groups in total. The Morgan fingerprint density at radius 1 is 1.27 bits per heavy atom. The summed E-state index contributed by atoms with van der Waals surface area (Å²) in [4.78, 5) is 0. The minimum absolute atomic E-state index is 0.261. The minimum atomic E-state index is 0.261. The van der Waals surface area contributed by atoms with E-state index in [0.29, 0.717) is 12.0 Å². The normalized spacial score (nSPS) is 26.5. The van der Waals surface area contributed by atoms with Gasteiger partial charge in [-0.2, -0.15) is 0 Å². The largest absolute Gasteiger partial charge is 0.395 e. The Bertz CT molecular complexity index is 286. The van der Waals surface area contributed by atoms with Gasteiger partial charge in [-0.3, -0.25) is 0 Å². The highest BCUT2D eigenvalue weighted by Crippen LogP contribution is 2.21. The summed E-state index contributed by atoms with van der Waals surface area (Å²) < 4.78 is 0. The predicted molar refractivity (Wildman–Crippen MR) is 61.7 cm³/mol. The van der Waals surface area contributed by atoms with Gasteiger partial charge in [-0.25, -0.2) is 0 Å². The first kappa shape index (κ1) is 10.7. The molecule has 2 unspecified atom stereocenters. The standard InChI is InChI=1S/C13H19NO/c15-10-13-12(7-4-8-14-13)9-11-5-2-1-3-6-11/h1-3,5-6,12-15H,4,7-10H2. The first-order valence-corrected chi connectivity index (χ1v) is 5.78. The molecule has 1 saturated heterocycles.